The number of aliphatic hydroxyl groups excluding tert-OH is 3. The van der Waals surface area contributed by atoms with Crippen LogP contribution in [0.15, 0.2) is 36.5 Å². The van der Waals surface area contributed by atoms with Crippen molar-refractivity contribution in [1.29, 1.82) is 0 Å². The van der Waals surface area contributed by atoms with Crippen LogP contribution in [-0.2, 0) is 16.0 Å². The summed E-state index contributed by atoms with van der Waals surface area (Å²) in [7, 11) is 1.43. The number of hydrogen-bond donors (Lipinski definition) is 5. The van der Waals surface area contributed by atoms with Gasteiger partial charge in [0.15, 0.2) is 29.0 Å². The molecule has 6 atom stereocenters. The fourth-order valence-corrected chi connectivity index (χ4v) is 5.12. The predicted molar refractivity (Wildman–Crippen MR) is 127 cm³/mol. The fraction of sp³-hybridized carbons (Fsp3) is 0.440. The van der Waals surface area contributed by atoms with Crippen LogP contribution < -0.4 is 10.1 Å². The van der Waals surface area contributed by atoms with Gasteiger partial charge in [-0.25, -0.2) is 17.9 Å². The summed E-state index contributed by atoms with van der Waals surface area (Å²) in [5.74, 6) is -5.98. The average molecular weight is 553 g/mol. The maximum absolute atomic E-state index is 13.8. The van der Waals surface area contributed by atoms with E-state index in [0.717, 1.165) is 16.8 Å². The number of para-hydroxylation sites is 1. The second kappa shape index (κ2) is 10.7. The van der Waals surface area contributed by atoms with Crippen molar-refractivity contribution in [3.05, 3.63) is 59.5 Å². The first-order valence-corrected chi connectivity index (χ1v) is 12.1. The van der Waals surface area contributed by atoms with Crippen molar-refractivity contribution in [2.75, 3.05) is 20.3 Å². The Labute approximate surface area is 220 Å². The number of phenols is 1. The second-order valence-corrected chi connectivity index (χ2v) is 9.36. The van der Waals surface area contributed by atoms with Gasteiger partial charge in [0.1, 0.15) is 30.0 Å². The van der Waals surface area contributed by atoms with E-state index >= 15 is 0 Å². The summed E-state index contributed by atoms with van der Waals surface area (Å²) in [6.07, 6.45) is -2.66. The molecule has 0 saturated carbocycles. The van der Waals surface area contributed by atoms with Crippen LogP contribution in [0.1, 0.15) is 18.0 Å². The molecule has 0 amide bonds. The molecule has 14 heteroatoms. The summed E-state index contributed by atoms with van der Waals surface area (Å²) in [6.45, 7) is -0.327. The normalized spacial score (nSPS) is 28.7. The van der Waals surface area contributed by atoms with Crippen LogP contribution in [0.3, 0.4) is 0 Å². The van der Waals surface area contributed by atoms with Gasteiger partial charge in [-0.3, -0.25) is 0 Å². The first-order chi connectivity index (χ1) is 18.7. The molecule has 0 radical (unpaired) electrons. The number of phenolic OH excluding ortho intramolecular Hbond substituents is 1. The van der Waals surface area contributed by atoms with E-state index in [1.165, 1.54) is 13.3 Å². The minimum absolute atomic E-state index is 0.0520. The SMILES string of the molecule is COc1cccc(CN[C@@H]2CCO[C@]23O[C@H](CO)[C@H](O)[C@H](n2cc(-c4cc(F)c(F)c(F)c4)nn2)[C@H]3O)c1O. The topological polar surface area (TPSA) is 151 Å². The number of aliphatic hydroxyl groups is 3. The zero-order chi connectivity index (χ0) is 27.9. The molecule has 11 nitrogen and oxygen atoms in total. The van der Waals surface area contributed by atoms with E-state index in [1.807, 2.05) is 0 Å². The van der Waals surface area contributed by atoms with Gasteiger partial charge in [0.2, 0.25) is 5.79 Å². The quantitative estimate of drug-likeness (QED) is 0.269. The molecule has 0 bridgehead atoms. The first kappa shape index (κ1) is 27.3. The summed E-state index contributed by atoms with van der Waals surface area (Å²) in [4.78, 5) is 0. The number of rotatable bonds is 7. The molecule has 0 unspecified atom stereocenters. The van der Waals surface area contributed by atoms with E-state index in [2.05, 4.69) is 15.6 Å². The van der Waals surface area contributed by atoms with Gasteiger partial charge in [-0.2, -0.15) is 0 Å². The molecule has 5 N–H and O–H groups in total. The van der Waals surface area contributed by atoms with E-state index < -0.39 is 60.2 Å². The van der Waals surface area contributed by atoms with E-state index in [-0.39, 0.29) is 35.9 Å². The van der Waals surface area contributed by atoms with Crippen LogP contribution in [0, 0.1) is 17.5 Å². The number of benzene rings is 2. The molecule has 3 aromatic rings. The van der Waals surface area contributed by atoms with Crippen molar-refractivity contribution >= 4 is 0 Å². The number of halogens is 3. The van der Waals surface area contributed by atoms with E-state index in [1.54, 1.807) is 18.2 Å². The average Bonchev–Trinajstić information content (AvgIpc) is 3.57. The third-order valence-corrected chi connectivity index (χ3v) is 7.14. The van der Waals surface area contributed by atoms with Crippen LogP contribution in [0.2, 0.25) is 0 Å². The predicted octanol–water partition coefficient (Wildman–Crippen LogP) is 1.01. The molecule has 210 valence electrons. The molecule has 2 aromatic carbocycles. The maximum Gasteiger partial charge on any atom is 0.213 e. The van der Waals surface area contributed by atoms with Gasteiger partial charge in [0, 0.05) is 17.7 Å². The van der Waals surface area contributed by atoms with Crippen molar-refractivity contribution in [2.24, 2.45) is 0 Å². The highest BCUT2D eigenvalue weighted by molar-refractivity contribution is 5.58. The molecular weight excluding hydrogens is 525 g/mol. The van der Waals surface area contributed by atoms with Crippen LogP contribution in [0.5, 0.6) is 11.5 Å². The lowest BCUT2D eigenvalue weighted by Gasteiger charge is -2.49. The van der Waals surface area contributed by atoms with Gasteiger partial charge in [-0.05, 0) is 24.6 Å². The van der Waals surface area contributed by atoms with Gasteiger partial charge in [-0.15, -0.1) is 5.10 Å². The van der Waals surface area contributed by atoms with Crippen molar-refractivity contribution in [3.63, 3.8) is 0 Å². The molecule has 2 aliphatic heterocycles. The van der Waals surface area contributed by atoms with E-state index in [4.69, 9.17) is 14.2 Å². The summed E-state index contributed by atoms with van der Waals surface area (Å²) in [5, 5.41) is 53.9. The Morgan fingerprint density at radius 2 is 1.95 bits per heavy atom. The number of ether oxygens (including phenoxy) is 3. The van der Waals surface area contributed by atoms with Gasteiger partial charge in [-0.1, -0.05) is 17.3 Å². The minimum Gasteiger partial charge on any atom is -0.504 e. The zero-order valence-corrected chi connectivity index (χ0v) is 20.7. The van der Waals surface area contributed by atoms with Gasteiger partial charge in [0.25, 0.3) is 0 Å². The third-order valence-electron chi connectivity index (χ3n) is 7.14. The molecule has 2 aliphatic rings. The van der Waals surface area contributed by atoms with Crippen LogP contribution in [0.25, 0.3) is 11.3 Å². The molecule has 39 heavy (non-hydrogen) atoms. The molecule has 0 aliphatic carbocycles. The number of hydrogen-bond acceptors (Lipinski definition) is 10. The Morgan fingerprint density at radius 3 is 2.64 bits per heavy atom. The summed E-state index contributed by atoms with van der Waals surface area (Å²) in [6, 6.07) is 4.56. The van der Waals surface area contributed by atoms with Gasteiger partial charge in [0.05, 0.1) is 32.6 Å². The smallest absolute Gasteiger partial charge is 0.213 e. The molecule has 2 fully saturated rings. The van der Waals surface area contributed by atoms with Crippen LogP contribution >= 0.6 is 0 Å². The Bertz CT molecular complexity index is 1320. The molecule has 5 rings (SSSR count). The third kappa shape index (κ3) is 4.73. The largest absolute Gasteiger partial charge is 0.504 e. The fourth-order valence-electron chi connectivity index (χ4n) is 5.12. The standard InChI is InChI=1S/C25H27F3N4O7/c1-37-17-4-2-3-12(22(17)34)9-29-19-5-6-38-25(19)24(36)21(23(35)18(11-33)39-25)32-10-16(30-31-32)13-7-14(26)20(28)15(27)8-13/h2-4,7-8,10,18-19,21,23-24,29,33-36H,5-6,9,11H2,1H3/t18-,19-,21+,23+,24-,25+/m1/s1. The van der Waals surface area contributed by atoms with Gasteiger partial charge < -0.3 is 40.0 Å². The van der Waals surface area contributed by atoms with Crippen molar-refractivity contribution in [3.8, 4) is 22.8 Å². The van der Waals surface area contributed by atoms with Crippen LogP contribution in [0.4, 0.5) is 13.2 Å². The van der Waals surface area contributed by atoms with Gasteiger partial charge >= 0.3 is 0 Å². The highest BCUT2D eigenvalue weighted by Crippen LogP contribution is 2.43. The van der Waals surface area contributed by atoms with E-state index in [0.29, 0.717) is 12.0 Å². The number of methoxy groups -OCH3 is 1. The Hall–Kier alpha value is -3.27. The molecule has 1 spiro atoms. The van der Waals surface area contributed by atoms with Crippen molar-refractivity contribution in [2.45, 2.75) is 49.1 Å². The summed E-state index contributed by atoms with van der Waals surface area (Å²) < 4.78 is 59.0. The number of aromatic hydroxyl groups is 1. The summed E-state index contributed by atoms with van der Waals surface area (Å²) in [5.41, 5.74) is 0.345. The molecule has 1 aromatic heterocycles. The van der Waals surface area contributed by atoms with Crippen molar-refractivity contribution < 1.29 is 47.8 Å². The zero-order valence-electron chi connectivity index (χ0n) is 20.7. The Balaban J connectivity index is 1.44. The highest BCUT2D eigenvalue weighted by Gasteiger charge is 2.61. The summed E-state index contributed by atoms with van der Waals surface area (Å²) >= 11 is 0. The molecular formula is C25H27F3N4O7. The lowest BCUT2D eigenvalue weighted by atomic mass is 9.86. The lowest BCUT2D eigenvalue weighted by Crippen LogP contribution is -2.68. The van der Waals surface area contributed by atoms with Crippen molar-refractivity contribution in [1.82, 2.24) is 20.3 Å². The monoisotopic (exact) mass is 552 g/mol. The van der Waals surface area contributed by atoms with E-state index in [9.17, 15) is 33.6 Å². The number of aromatic nitrogens is 3. The Morgan fingerprint density at radius 1 is 1.21 bits per heavy atom. The minimum atomic E-state index is -1.74. The second-order valence-electron chi connectivity index (χ2n) is 9.36. The maximum atomic E-state index is 13.8. The van der Waals surface area contributed by atoms with Crippen LogP contribution in [-0.4, -0.2) is 85.9 Å². The number of nitrogens with one attached hydrogen (secondary N) is 1. The molecule has 3 heterocycles. The highest BCUT2D eigenvalue weighted by atomic mass is 19.2. The first-order valence-electron chi connectivity index (χ1n) is 12.1. The number of nitrogens with zero attached hydrogens (tertiary/aromatic N) is 3. The molecule has 2 saturated heterocycles. The Kier molecular flexibility index (Phi) is 7.50. The lowest BCUT2D eigenvalue weighted by molar-refractivity contribution is -0.345.